The van der Waals surface area contributed by atoms with Gasteiger partial charge in [-0.2, -0.15) is 8.42 Å². The Morgan fingerprint density at radius 2 is 1.80 bits per heavy atom. The van der Waals surface area contributed by atoms with Crippen LogP contribution in [0.1, 0.15) is 11.1 Å². The Morgan fingerprint density at radius 1 is 1.10 bits per heavy atom. The van der Waals surface area contributed by atoms with Crippen LogP contribution in [0.2, 0.25) is 5.02 Å². The van der Waals surface area contributed by atoms with Crippen LogP contribution in [0.25, 0.3) is 0 Å². The zero-order valence-corrected chi connectivity index (χ0v) is 12.4. The summed E-state index contributed by atoms with van der Waals surface area (Å²) < 4.78 is 42.4. The van der Waals surface area contributed by atoms with Crippen LogP contribution in [-0.4, -0.2) is 8.42 Å². The molecule has 0 heterocycles. The van der Waals surface area contributed by atoms with E-state index < -0.39 is 15.9 Å². The molecule has 2 rings (SSSR count). The van der Waals surface area contributed by atoms with E-state index in [4.69, 9.17) is 15.8 Å². The highest BCUT2D eigenvalue weighted by Crippen LogP contribution is 2.28. The summed E-state index contributed by atoms with van der Waals surface area (Å²) in [6.45, 7) is 3.27. The van der Waals surface area contributed by atoms with Gasteiger partial charge in [0.25, 0.3) is 0 Å². The Bertz CT molecular complexity index is 757. The first-order chi connectivity index (χ1) is 9.29. The van der Waals surface area contributed by atoms with Crippen LogP contribution in [-0.2, 0) is 10.1 Å². The van der Waals surface area contributed by atoms with Gasteiger partial charge in [-0.25, -0.2) is 4.39 Å². The molecule has 0 aromatic heterocycles. The van der Waals surface area contributed by atoms with Crippen molar-refractivity contribution in [3.05, 3.63) is 58.4 Å². The molecule has 0 unspecified atom stereocenters. The predicted octanol–water partition coefficient (Wildman–Crippen LogP) is 3.86. The van der Waals surface area contributed by atoms with Crippen molar-refractivity contribution in [1.29, 1.82) is 0 Å². The number of aryl methyl sites for hydroxylation is 2. The number of hydrogen-bond acceptors (Lipinski definition) is 3. The predicted molar refractivity (Wildman–Crippen MR) is 75.1 cm³/mol. The second kappa shape index (κ2) is 5.42. The molecule has 0 bridgehead atoms. The average molecular weight is 315 g/mol. The highest BCUT2D eigenvalue weighted by Gasteiger charge is 2.19. The highest BCUT2D eigenvalue weighted by atomic mass is 35.5. The quantitative estimate of drug-likeness (QED) is 0.808. The summed E-state index contributed by atoms with van der Waals surface area (Å²) in [5.74, 6) is -0.425. The summed E-state index contributed by atoms with van der Waals surface area (Å²) >= 11 is 5.90. The Balaban J connectivity index is 2.40. The minimum absolute atomic E-state index is 0.0497. The van der Waals surface area contributed by atoms with E-state index in [0.717, 1.165) is 17.7 Å². The molecule has 6 heteroatoms. The number of hydrogen-bond donors (Lipinski definition) is 0. The van der Waals surface area contributed by atoms with Crippen molar-refractivity contribution in [2.24, 2.45) is 0 Å². The second-order valence-corrected chi connectivity index (χ2v) is 6.34. The minimum atomic E-state index is -4.04. The van der Waals surface area contributed by atoms with Gasteiger partial charge in [-0.05, 0) is 55.3 Å². The molecule has 0 saturated carbocycles. The van der Waals surface area contributed by atoms with Crippen LogP contribution in [0.5, 0.6) is 5.75 Å². The molecule has 20 heavy (non-hydrogen) atoms. The smallest absolute Gasteiger partial charge is 0.339 e. The maximum atomic E-state index is 13.2. The molecule has 0 aliphatic carbocycles. The van der Waals surface area contributed by atoms with Crippen LogP contribution < -0.4 is 4.18 Å². The molecule has 0 amide bonds. The largest absolute Gasteiger partial charge is 0.377 e. The highest BCUT2D eigenvalue weighted by molar-refractivity contribution is 7.87. The van der Waals surface area contributed by atoms with Gasteiger partial charge in [-0.1, -0.05) is 17.7 Å². The van der Waals surface area contributed by atoms with Gasteiger partial charge >= 0.3 is 10.1 Å². The third kappa shape index (κ3) is 3.11. The molecule has 0 saturated heterocycles. The van der Waals surface area contributed by atoms with E-state index in [1.807, 2.05) is 0 Å². The van der Waals surface area contributed by atoms with Gasteiger partial charge in [0.05, 0.1) is 5.02 Å². The van der Waals surface area contributed by atoms with Crippen molar-refractivity contribution in [2.75, 3.05) is 0 Å². The first-order valence-electron chi connectivity index (χ1n) is 5.76. The monoisotopic (exact) mass is 314 g/mol. The summed E-state index contributed by atoms with van der Waals surface area (Å²) in [6.07, 6.45) is 0. The van der Waals surface area contributed by atoms with Crippen LogP contribution in [0.4, 0.5) is 4.39 Å². The fourth-order valence-electron chi connectivity index (χ4n) is 1.61. The first kappa shape index (κ1) is 14.8. The third-order valence-corrected chi connectivity index (χ3v) is 4.25. The van der Waals surface area contributed by atoms with E-state index in [9.17, 15) is 12.8 Å². The van der Waals surface area contributed by atoms with E-state index in [1.165, 1.54) is 19.1 Å². The lowest BCUT2D eigenvalue weighted by Crippen LogP contribution is -2.10. The van der Waals surface area contributed by atoms with Crippen molar-refractivity contribution in [2.45, 2.75) is 18.7 Å². The van der Waals surface area contributed by atoms with E-state index in [1.54, 1.807) is 19.1 Å². The van der Waals surface area contributed by atoms with Crippen LogP contribution in [0.3, 0.4) is 0 Å². The van der Waals surface area contributed by atoms with Crippen LogP contribution in [0.15, 0.2) is 41.3 Å². The van der Waals surface area contributed by atoms with Gasteiger partial charge in [0.1, 0.15) is 10.7 Å². The van der Waals surface area contributed by atoms with Gasteiger partial charge in [-0.15, -0.1) is 0 Å². The van der Waals surface area contributed by atoms with Crippen molar-refractivity contribution >= 4 is 21.7 Å². The molecule has 3 nitrogen and oxygen atoms in total. The van der Waals surface area contributed by atoms with E-state index in [-0.39, 0.29) is 21.2 Å². The molecule has 106 valence electrons. The van der Waals surface area contributed by atoms with Crippen molar-refractivity contribution < 1.29 is 17.0 Å². The lowest BCUT2D eigenvalue weighted by atomic mass is 10.2. The molecule has 0 radical (unpaired) electrons. The maximum Gasteiger partial charge on any atom is 0.339 e. The lowest BCUT2D eigenvalue weighted by Gasteiger charge is -2.10. The Kier molecular flexibility index (Phi) is 4.01. The molecule has 0 aliphatic rings. The van der Waals surface area contributed by atoms with Gasteiger partial charge < -0.3 is 4.18 Å². The molecule has 0 N–H and O–H groups in total. The summed E-state index contributed by atoms with van der Waals surface area (Å²) in [4.78, 5) is -0.117. The maximum absolute atomic E-state index is 13.2. The third-order valence-electron chi connectivity index (χ3n) is 2.70. The first-order valence-corrected chi connectivity index (χ1v) is 7.55. The summed E-state index contributed by atoms with van der Waals surface area (Å²) in [6, 6.07) is 8.27. The van der Waals surface area contributed by atoms with Crippen molar-refractivity contribution in [3.63, 3.8) is 0 Å². The summed E-state index contributed by atoms with van der Waals surface area (Å²) in [7, 11) is -4.04. The minimum Gasteiger partial charge on any atom is -0.377 e. The van der Waals surface area contributed by atoms with Gasteiger partial charge in [-0.3, -0.25) is 0 Å². The number of rotatable bonds is 3. The Morgan fingerprint density at radius 3 is 2.45 bits per heavy atom. The Labute approximate surface area is 122 Å². The molecular weight excluding hydrogens is 303 g/mol. The molecule has 0 atom stereocenters. The zero-order valence-electron chi connectivity index (χ0n) is 10.9. The Hall–Kier alpha value is -1.59. The second-order valence-electron chi connectivity index (χ2n) is 4.38. The number of benzene rings is 2. The topological polar surface area (TPSA) is 43.4 Å². The van der Waals surface area contributed by atoms with Crippen LogP contribution >= 0.6 is 11.6 Å². The average Bonchev–Trinajstić information content (AvgIpc) is 2.36. The van der Waals surface area contributed by atoms with E-state index >= 15 is 0 Å². The fourth-order valence-corrected chi connectivity index (χ4v) is 2.84. The van der Waals surface area contributed by atoms with Gasteiger partial charge in [0.2, 0.25) is 0 Å². The summed E-state index contributed by atoms with van der Waals surface area (Å²) in [5, 5.41) is 0.193. The molecule has 2 aromatic carbocycles. The molecule has 0 aliphatic heterocycles. The van der Waals surface area contributed by atoms with Crippen molar-refractivity contribution in [1.82, 2.24) is 0 Å². The molecule has 2 aromatic rings. The fraction of sp³-hybridized carbons (Fsp3) is 0.143. The van der Waals surface area contributed by atoms with Gasteiger partial charge in [0, 0.05) is 0 Å². The normalized spacial score (nSPS) is 11.4. The van der Waals surface area contributed by atoms with Crippen molar-refractivity contribution in [3.8, 4) is 5.75 Å². The van der Waals surface area contributed by atoms with Crippen LogP contribution in [0, 0.1) is 19.7 Å². The molecule has 0 fully saturated rings. The SMILES string of the molecule is Cc1ccc(Cl)c(OS(=O)(=O)c2ccc(F)c(C)c2)c1. The van der Waals surface area contributed by atoms with E-state index in [2.05, 4.69) is 0 Å². The molecular formula is C14H12ClFO3S. The number of halogens is 2. The van der Waals surface area contributed by atoms with E-state index in [0.29, 0.717) is 0 Å². The molecule has 0 spiro atoms. The standard InChI is InChI=1S/C14H12ClFO3S/c1-9-3-5-12(15)14(7-9)19-20(17,18)11-4-6-13(16)10(2)8-11/h3-8H,1-2H3. The zero-order chi connectivity index (χ0) is 14.9. The summed E-state index contributed by atoms with van der Waals surface area (Å²) in [5.41, 5.74) is 1.04. The van der Waals surface area contributed by atoms with Gasteiger partial charge in [0.15, 0.2) is 5.75 Å². The lowest BCUT2D eigenvalue weighted by molar-refractivity contribution is 0.485.